The quantitative estimate of drug-likeness (QED) is 0.751. The molecule has 2 N–H and O–H groups in total. The third-order valence-electron chi connectivity index (χ3n) is 2.47. The first-order valence-corrected chi connectivity index (χ1v) is 7.72. The molecule has 0 fully saturated rings. The second kappa shape index (κ2) is 6.61. The van der Waals surface area contributed by atoms with Gasteiger partial charge in [0, 0.05) is 14.8 Å². The number of benzene rings is 2. The molecule has 0 aliphatic heterocycles. The second-order valence-corrected chi connectivity index (χ2v) is 6.50. The predicted molar refractivity (Wildman–Crippen MR) is 87.2 cm³/mol. The van der Waals surface area contributed by atoms with Gasteiger partial charge in [0.1, 0.15) is 5.75 Å². The lowest BCUT2D eigenvalue weighted by atomic mass is 10.3. The zero-order valence-corrected chi connectivity index (χ0v) is 13.5. The van der Waals surface area contributed by atoms with Crippen LogP contribution in [0, 0.1) is 0 Å². The molecule has 5 heteroatoms. The highest BCUT2D eigenvalue weighted by Crippen LogP contribution is 2.37. The zero-order valence-electron chi connectivity index (χ0n) is 11.2. The van der Waals surface area contributed by atoms with Gasteiger partial charge in [0.05, 0.1) is 16.8 Å². The molecule has 0 atom stereocenters. The van der Waals surface area contributed by atoms with E-state index in [0.717, 1.165) is 9.79 Å². The van der Waals surface area contributed by atoms with Gasteiger partial charge in [-0.3, -0.25) is 0 Å². The van der Waals surface area contributed by atoms with Crippen molar-refractivity contribution in [3.63, 3.8) is 0 Å². The molecular weight excluding hydrogens is 313 g/mol. The van der Waals surface area contributed by atoms with Crippen molar-refractivity contribution in [2.24, 2.45) is 0 Å². The zero-order chi connectivity index (χ0) is 14.7. The van der Waals surface area contributed by atoms with Gasteiger partial charge in [0.15, 0.2) is 0 Å². The Labute approximate surface area is 133 Å². The van der Waals surface area contributed by atoms with Crippen LogP contribution >= 0.6 is 35.0 Å². The van der Waals surface area contributed by atoms with Gasteiger partial charge in [0.25, 0.3) is 0 Å². The first-order valence-electron chi connectivity index (χ1n) is 6.15. The molecule has 0 unspecified atom stereocenters. The molecule has 0 saturated carbocycles. The van der Waals surface area contributed by atoms with Gasteiger partial charge in [-0.25, -0.2) is 0 Å². The molecule has 0 aromatic heterocycles. The normalized spacial score (nSPS) is 10.8. The van der Waals surface area contributed by atoms with Crippen LogP contribution in [0.1, 0.15) is 13.8 Å². The molecule has 0 spiro atoms. The predicted octanol–water partition coefficient (Wildman–Crippen LogP) is 5.51. The Morgan fingerprint density at radius 2 is 1.85 bits per heavy atom. The number of ether oxygens (including phenoxy) is 1. The van der Waals surface area contributed by atoms with E-state index in [-0.39, 0.29) is 6.10 Å². The van der Waals surface area contributed by atoms with E-state index in [0.29, 0.717) is 21.5 Å². The average molecular weight is 328 g/mol. The topological polar surface area (TPSA) is 35.2 Å². The molecule has 0 bridgehead atoms. The van der Waals surface area contributed by atoms with E-state index in [9.17, 15) is 0 Å². The summed E-state index contributed by atoms with van der Waals surface area (Å²) in [5, 5.41) is 1.33. The van der Waals surface area contributed by atoms with Crippen LogP contribution < -0.4 is 10.5 Å². The Morgan fingerprint density at radius 1 is 1.10 bits per heavy atom. The molecule has 2 aromatic carbocycles. The van der Waals surface area contributed by atoms with E-state index >= 15 is 0 Å². The molecule has 2 nitrogen and oxygen atoms in total. The first-order chi connectivity index (χ1) is 9.45. The van der Waals surface area contributed by atoms with Crippen molar-refractivity contribution in [1.29, 1.82) is 0 Å². The van der Waals surface area contributed by atoms with E-state index in [1.165, 1.54) is 11.8 Å². The van der Waals surface area contributed by atoms with Crippen molar-refractivity contribution in [1.82, 2.24) is 0 Å². The summed E-state index contributed by atoms with van der Waals surface area (Å²) < 4.78 is 5.68. The lowest BCUT2D eigenvalue weighted by Crippen LogP contribution is -2.07. The monoisotopic (exact) mass is 327 g/mol. The maximum absolute atomic E-state index is 6.17. The molecule has 20 heavy (non-hydrogen) atoms. The smallest absolute Gasteiger partial charge is 0.143 e. The van der Waals surface area contributed by atoms with Crippen molar-refractivity contribution in [2.45, 2.75) is 29.7 Å². The SMILES string of the molecule is CC(C)Oc1cc(Sc2cc(Cl)ccc2Cl)ccc1N. The Kier molecular flexibility index (Phi) is 5.08. The van der Waals surface area contributed by atoms with Crippen LogP contribution in [-0.2, 0) is 0 Å². The first kappa shape index (κ1) is 15.4. The van der Waals surface area contributed by atoms with Crippen molar-refractivity contribution in [3.05, 3.63) is 46.4 Å². The lowest BCUT2D eigenvalue weighted by molar-refractivity contribution is 0.243. The van der Waals surface area contributed by atoms with Gasteiger partial charge in [-0.05, 0) is 50.2 Å². The minimum Gasteiger partial charge on any atom is -0.489 e. The molecule has 2 aromatic rings. The fraction of sp³-hybridized carbons (Fsp3) is 0.200. The van der Waals surface area contributed by atoms with Gasteiger partial charge in [-0.1, -0.05) is 35.0 Å². The Morgan fingerprint density at radius 3 is 2.55 bits per heavy atom. The molecular formula is C15H15Cl2NOS. The van der Waals surface area contributed by atoms with E-state index in [2.05, 4.69) is 0 Å². The summed E-state index contributed by atoms with van der Waals surface area (Å²) in [6.45, 7) is 3.93. The van der Waals surface area contributed by atoms with Crippen LogP contribution in [0.3, 0.4) is 0 Å². The molecule has 0 heterocycles. The number of anilines is 1. The van der Waals surface area contributed by atoms with Gasteiger partial charge in [0.2, 0.25) is 0 Å². The van der Waals surface area contributed by atoms with Crippen LogP contribution in [-0.4, -0.2) is 6.10 Å². The third-order valence-corrected chi connectivity index (χ3v) is 4.19. The molecule has 0 aliphatic carbocycles. The van der Waals surface area contributed by atoms with E-state index in [4.69, 9.17) is 33.7 Å². The maximum atomic E-state index is 6.17. The van der Waals surface area contributed by atoms with Crippen molar-refractivity contribution >= 4 is 40.7 Å². The number of nitrogens with two attached hydrogens (primary N) is 1. The molecule has 0 amide bonds. The summed E-state index contributed by atoms with van der Waals surface area (Å²) >= 11 is 13.7. The number of halogens is 2. The second-order valence-electron chi connectivity index (χ2n) is 4.54. The van der Waals surface area contributed by atoms with E-state index in [1.54, 1.807) is 12.1 Å². The van der Waals surface area contributed by atoms with E-state index in [1.807, 2.05) is 38.1 Å². The highest BCUT2D eigenvalue weighted by atomic mass is 35.5. The van der Waals surface area contributed by atoms with Crippen molar-refractivity contribution in [2.75, 3.05) is 5.73 Å². The number of nitrogen functional groups attached to an aromatic ring is 1. The Bertz CT molecular complexity index is 617. The van der Waals surface area contributed by atoms with Crippen LogP contribution in [0.15, 0.2) is 46.2 Å². The summed E-state index contributed by atoms with van der Waals surface area (Å²) in [6, 6.07) is 11.1. The fourth-order valence-electron chi connectivity index (χ4n) is 1.62. The number of rotatable bonds is 4. The van der Waals surface area contributed by atoms with Gasteiger partial charge in [-0.2, -0.15) is 0 Å². The highest BCUT2D eigenvalue weighted by Gasteiger charge is 2.08. The molecule has 0 aliphatic rings. The van der Waals surface area contributed by atoms with Crippen LogP contribution in [0.2, 0.25) is 10.0 Å². The summed E-state index contributed by atoms with van der Waals surface area (Å²) in [5.41, 5.74) is 6.53. The van der Waals surface area contributed by atoms with Crippen molar-refractivity contribution < 1.29 is 4.74 Å². The van der Waals surface area contributed by atoms with E-state index < -0.39 is 0 Å². The summed E-state index contributed by atoms with van der Waals surface area (Å²) in [6.07, 6.45) is 0.0762. The number of hydrogen-bond acceptors (Lipinski definition) is 3. The van der Waals surface area contributed by atoms with Crippen LogP contribution in [0.25, 0.3) is 0 Å². The van der Waals surface area contributed by atoms with Crippen LogP contribution in [0.5, 0.6) is 5.75 Å². The molecule has 0 radical (unpaired) electrons. The molecule has 0 saturated heterocycles. The van der Waals surface area contributed by atoms with Gasteiger partial charge in [-0.15, -0.1) is 0 Å². The maximum Gasteiger partial charge on any atom is 0.143 e. The average Bonchev–Trinajstić information content (AvgIpc) is 2.37. The summed E-state index contributed by atoms with van der Waals surface area (Å²) in [5.74, 6) is 0.683. The highest BCUT2D eigenvalue weighted by molar-refractivity contribution is 7.99. The molecule has 106 valence electrons. The third kappa shape index (κ3) is 3.98. The number of hydrogen-bond donors (Lipinski definition) is 1. The minimum absolute atomic E-state index is 0.0762. The Balaban J connectivity index is 2.27. The lowest BCUT2D eigenvalue weighted by Gasteiger charge is -2.13. The van der Waals surface area contributed by atoms with Crippen molar-refractivity contribution in [3.8, 4) is 5.75 Å². The minimum atomic E-state index is 0.0762. The van der Waals surface area contributed by atoms with Crippen LogP contribution in [0.4, 0.5) is 5.69 Å². The molecule has 2 rings (SSSR count). The fourth-order valence-corrected chi connectivity index (χ4v) is 2.99. The summed E-state index contributed by atoms with van der Waals surface area (Å²) in [4.78, 5) is 1.90. The summed E-state index contributed by atoms with van der Waals surface area (Å²) in [7, 11) is 0. The van der Waals surface area contributed by atoms with Gasteiger partial charge < -0.3 is 10.5 Å². The Hall–Kier alpha value is -1.03. The largest absolute Gasteiger partial charge is 0.489 e. The van der Waals surface area contributed by atoms with Gasteiger partial charge >= 0.3 is 0 Å². The standard InChI is InChI=1S/C15H15Cl2NOS/c1-9(2)19-14-8-11(4-6-13(14)18)20-15-7-10(16)3-5-12(15)17/h3-9H,18H2,1-2H3.